The first kappa shape index (κ1) is 15.0. The van der Waals surface area contributed by atoms with Gasteiger partial charge in [0.2, 0.25) is 5.13 Å². The van der Waals surface area contributed by atoms with Crippen LogP contribution in [0.15, 0.2) is 36.5 Å². The summed E-state index contributed by atoms with van der Waals surface area (Å²) >= 11 is 7.61. The van der Waals surface area contributed by atoms with Gasteiger partial charge in [-0.3, -0.25) is 0 Å². The van der Waals surface area contributed by atoms with E-state index in [2.05, 4.69) is 27.3 Å². The molecule has 1 aromatic carbocycles. The molecule has 2 aromatic heterocycles. The Morgan fingerprint density at radius 2 is 2.00 bits per heavy atom. The predicted molar refractivity (Wildman–Crippen MR) is 89.5 cm³/mol. The summed E-state index contributed by atoms with van der Waals surface area (Å²) in [4.78, 5) is 6.33. The second-order valence-corrected chi connectivity index (χ2v) is 6.48. The second kappa shape index (κ2) is 6.46. The third-order valence-electron chi connectivity index (χ3n) is 3.39. The van der Waals surface area contributed by atoms with Crippen molar-refractivity contribution in [2.45, 2.75) is 13.0 Å². The quantitative estimate of drug-likeness (QED) is 0.719. The molecule has 0 N–H and O–H groups in total. The molecule has 2 heterocycles. The molecule has 0 aliphatic heterocycles. The number of benzene rings is 1. The first-order valence-corrected chi connectivity index (χ1v) is 8.06. The first-order valence-electron chi connectivity index (χ1n) is 6.87. The van der Waals surface area contributed by atoms with Crippen molar-refractivity contribution in [2.75, 3.05) is 11.9 Å². The summed E-state index contributed by atoms with van der Waals surface area (Å²) in [6.45, 7) is 0.642. The van der Waals surface area contributed by atoms with Gasteiger partial charge in [-0.25, -0.2) is 4.98 Å². The van der Waals surface area contributed by atoms with E-state index in [1.807, 2.05) is 41.8 Å². The predicted octanol–water partition coefficient (Wildman–Crippen LogP) is 3.15. The van der Waals surface area contributed by atoms with Gasteiger partial charge in [0.05, 0.1) is 12.7 Å². The first-order chi connectivity index (χ1) is 10.6. The van der Waals surface area contributed by atoms with E-state index in [9.17, 15) is 0 Å². The van der Waals surface area contributed by atoms with Crippen LogP contribution in [0.25, 0.3) is 0 Å². The van der Waals surface area contributed by atoms with Crippen LogP contribution < -0.4 is 4.90 Å². The highest BCUT2D eigenvalue weighted by Gasteiger charge is 2.13. The molecule has 0 fully saturated rings. The Kier molecular flexibility index (Phi) is 4.40. The fourth-order valence-corrected chi connectivity index (χ4v) is 3.07. The average molecular weight is 334 g/mol. The summed E-state index contributed by atoms with van der Waals surface area (Å²) in [5, 5.41) is 11.1. The van der Waals surface area contributed by atoms with E-state index < -0.39 is 0 Å². The summed E-state index contributed by atoms with van der Waals surface area (Å²) in [6.07, 6.45) is 2.46. The van der Waals surface area contributed by atoms with Crippen LogP contribution in [0.4, 0.5) is 5.13 Å². The molecule has 0 unspecified atom stereocenters. The van der Waals surface area contributed by atoms with Gasteiger partial charge in [0.25, 0.3) is 0 Å². The number of hydrogen-bond acceptors (Lipinski definition) is 5. The Morgan fingerprint density at radius 1 is 1.23 bits per heavy atom. The largest absolute Gasteiger partial charge is 0.342 e. The number of imidazole rings is 1. The molecule has 0 radical (unpaired) electrons. The van der Waals surface area contributed by atoms with Gasteiger partial charge in [-0.1, -0.05) is 53.3 Å². The van der Waals surface area contributed by atoms with E-state index in [1.54, 1.807) is 17.5 Å². The van der Waals surface area contributed by atoms with Crippen LogP contribution in [0.3, 0.4) is 0 Å². The van der Waals surface area contributed by atoms with Crippen LogP contribution >= 0.6 is 22.9 Å². The van der Waals surface area contributed by atoms with Gasteiger partial charge in [-0.05, 0) is 5.56 Å². The molecule has 0 bridgehead atoms. The lowest BCUT2D eigenvalue weighted by atomic mass is 10.2. The molecule has 0 saturated carbocycles. The van der Waals surface area contributed by atoms with E-state index in [0.717, 1.165) is 22.4 Å². The number of halogens is 1. The van der Waals surface area contributed by atoms with Gasteiger partial charge in [-0.15, -0.1) is 10.2 Å². The molecule has 0 spiro atoms. The maximum Gasteiger partial charge on any atom is 0.208 e. The van der Waals surface area contributed by atoms with Gasteiger partial charge < -0.3 is 9.47 Å². The number of aromatic nitrogens is 4. The lowest BCUT2D eigenvalue weighted by Gasteiger charge is -2.14. The zero-order valence-corrected chi connectivity index (χ0v) is 14.0. The van der Waals surface area contributed by atoms with Crippen molar-refractivity contribution < 1.29 is 0 Å². The molecule has 0 saturated heterocycles. The fraction of sp³-hybridized carbons (Fsp3) is 0.267. The molecule has 7 heteroatoms. The van der Waals surface area contributed by atoms with Crippen LogP contribution in [0, 0.1) is 0 Å². The highest BCUT2D eigenvalue weighted by molar-refractivity contribution is 7.15. The molecular formula is C15H16ClN5S. The third kappa shape index (κ3) is 3.28. The van der Waals surface area contributed by atoms with Crippen molar-refractivity contribution in [1.82, 2.24) is 19.7 Å². The van der Waals surface area contributed by atoms with Gasteiger partial charge in [-0.2, -0.15) is 0 Å². The van der Waals surface area contributed by atoms with Gasteiger partial charge in [0.1, 0.15) is 16.0 Å². The van der Waals surface area contributed by atoms with Gasteiger partial charge in [0, 0.05) is 20.5 Å². The molecule has 3 aromatic rings. The SMILES string of the molecule is CN(Cc1ncc(Cl)n1C)c1nnc(Cc2ccccc2)s1. The molecule has 3 rings (SSSR count). The highest BCUT2D eigenvalue weighted by Crippen LogP contribution is 2.23. The molecule has 5 nitrogen and oxygen atoms in total. The number of nitrogens with zero attached hydrogens (tertiary/aromatic N) is 5. The normalized spacial score (nSPS) is 10.9. The van der Waals surface area contributed by atoms with E-state index in [1.165, 1.54) is 5.56 Å². The standard InChI is InChI=1S/C15H16ClN5S/c1-20(10-13-17-9-12(16)21(13)2)15-19-18-14(22-15)8-11-6-4-3-5-7-11/h3-7,9H,8,10H2,1-2H3. The molecule has 0 aliphatic carbocycles. The zero-order valence-electron chi connectivity index (χ0n) is 12.4. The van der Waals surface area contributed by atoms with E-state index in [4.69, 9.17) is 11.6 Å². The monoisotopic (exact) mass is 333 g/mol. The number of rotatable bonds is 5. The van der Waals surface area contributed by atoms with E-state index >= 15 is 0 Å². The van der Waals surface area contributed by atoms with E-state index in [-0.39, 0.29) is 0 Å². The smallest absolute Gasteiger partial charge is 0.208 e. The Morgan fingerprint density at radius 3 is 2.68 bits per heavy atom. The zero-order chi connectivity index (χ0) is 15.5. The Balaban J connectivity index is 1.69. The fourth-order valence-electron chi connectivity index (χ4n) is 2.09. The second-order valence-electron chi connectivity index (χ2n) is 5.05. The Bertz CT molecular complexity index is 752. The maximum atomic E-state index is 6.01. The maximum absolute atomic E-state index is 6.01. The van der Waals surface area contributed by atoms with Crippen molar-refractivity contribution in [3.63, 3.8) is 0 Å². The summed E-state index contributed by atoms with van der Waals surface area (Å²) in [7, 11) is 3.88. The molecule has 0 amide bonds. The Labute approximate surface area is 138 Å². The van der Waals surface area contributed by atoms with Crippen LogP contribution in [0.5, 0.6) is 0 Å². The van der Waals surface area contributed by atoms with Crippen molar-refractivity contribution in [3.05, 3.63) is 58.1 Å². The lowest BCUT2D eigenvalue weighted by Crippen LogP contribution is -2.18. The number of anilines is 1. The summed E-state index contributed by atoms with van der Waals surface area (Å²) in [5.41, 5.74) is 1.24. The Hall–Kier alpha value is -1.92. The minimum atomic E-state index is 0.630. The van der Waals surface area contributed by atoms with Gasteiger partial charge >= 0.3 is 0 Å². The van der Waals surface area contributed by atoms with Crippen LogP contribution in [0.1, 0.15) is 16.4 Å². The minimum Gasteiger partial charge on any atom is -0.342 e. The molecular weight excluding hydrogens is 318 g/mol. The lowest BCUT2D eigenvalue weighted by molar-refractivity contribution is 0.757. The highest BCUT2D eigenvalue weighted by atomic mass is 35.5. The van der Waals surface area contributed by atoms with Crippen LogP contribution in [0.2, 0.25) is 5.15 Å². The summed E-state index contributed by atoms with van der Waals surface area (Å²) in [5.74, 6) is 0.896. The van der Waals surface area contributed by atoms with Crippen molar-refractivity contribution in [3.8, 4) is 0 Å². The average Bonchev–Trinajstić information content (AvgIpc) is 3.10. The molecule has 114 valence electrons. The van der Waals surface area contributed by atoms with Crippen LogP contribution in [-0.2, 0) is 20.0 Å². The van der Waals surface area contributed by atoms with Crippen molar-refractivity contribution >= 4 is 28.1 Å². The van der Waals surface area contributed by atoms with E-state index in [0.29, 0.717) is 11.7 Å². The van der Waals surface area contributed by atoms with Crippen molar-refractivity contribution in [2.24, 2.45) is 7.05 Å². The minimum absolute atomic E-state index is 0.630. The van der Waals surface area contributed by atoms with Crippen molar-refractivity contribution in [1.29, 1.82) is 0 Å². The molecule has 0 atom stereocenters. The topological polar surface area (TPSA) is 46.8 Å². The molecule has 22 heavy (non-hydrogen) atoms. The molecule has 0 aliphatic rings. The summed E-state index contributed by atoms with van der Waals surface area (Å²) < 4.78 is 1.87. The third-order valence-corrected chi connectivity index (χ3v) is 4.78. The van der Waals surface area contributed by atoms with Gasteiger partial charge in [0.15, 0.2) is 0 Å². The summed E-state index contributed by atoms with van der Waals surface area (Å²) in [6, 6.07) is 10.3. The van der Waals surface area contributed by atoms with Crippen LogP contribution in [-0.4, -0.2) is 26.8 Å². The number of hydrogen-bond donors (Lipinski definition) is 0.